The fraction of sp³-hybridized carbons (Fsp3) is 0.400. The Labute approximate surface area is 137 Å². The van der Waals surface area contributed by atoms with Gasteiger partial charge in [0.2, 0.25) is 0 Å². The van der Waals surface area contributed by atoms with Gasteiger partial charge in [-0.25, -0.2) is 0 Å². The summed E-state index contributed by atoms with van der Waals surface area (Å²) < 4.78 is 0. The minimum atomic E-state index is -0.0280. The second-order valence-electron chi connectivity index (χ2n) is 6.63. The van der Waals surface area contributed by atoms with Gasteiger partial charge in [0.15, 0.2) is 0 Å². The first-order valence-electron chi connectivity index (χ1n) is 8.44. The van der Waals surface area contributed by atoms with Crippen molar-refractivity contribution in [3.63, 3.8) is 0 Å². The van der Waals surface area contributed by atoms with Crippen LogP contribution in [0.3, 0.4) is 0 Å². The zero-order valence-corrected chi connectivity index (χ0v) is 13.9. The summed E-state index contributed by atoms with van der Waals surface area (Å²) in [7, 11) is 0. The fourth-order valence-corrected chi connectivity index (χ4v) is 3.37. The first-order chi connectivity index (χ1) is 11.1. The van der Waals surface area contributed by atoms with Crippen LogP contribution in [0.1, 0.15) is 48.5 Å². The molecule has 1 aromatic heterocycles. The molecule has 0 spiro atoms. The number of pyridine rings is 1. The number of nitrogens with zero attached hydrogens (tertiary/aromatic N) is 1. The lowest BCUT2D eigenvalue weighted by Crippen LogP contribution is -2.34. The third-order valence-electron chi connectivity index (χ3n) is 4.62. The number of aryl methyl sites for hydroxylation is 1. The normalized spacial score (nSPS) is 18.8. The second kappa shape index (κ2) is 6.95. The van der Waals surface area contributed by atoms with Crippen LogP contribution in [0, 0.1) is 12.8 Å². The first-order valence-corrected chi connectivity index (χ1v) is 8.44. The number of allylic oxidation sites excluding steroid dienone is 2. The van der Waals surface area contributed by atoms with Crippen LogP contribution in [0.2, 0.25) is 0 Å². The third kappa shape index (κ3) is 3.79. The van der Waals surface area contributed by atoms with Crippen LogP contribution in [-0.4, -0.2) is 16.9 Å². The summed E-state index contributed by atoms with van der Waals surface area (Å²) in [5.41, 5.74) is 2.73. The molecule has 3 heteroatoms. The maximum absolute atomic E-state index is 12.5. The average Bonchev–Trinajstić information content (AvgIpc) is 2.55. The molecule has 0 bridgehead atoms. The Morgan fingerprint density at radius 1 is 1.39 bits per heavy atom. The second-order valence-corrected chi connectivity index (χ2v) is 6.63. The fourth-order valence-electron chi connectivity index (χ4n) is 3.37. The van der Waals surface area contributed by atoms with Crippen LogP contribution in [0.25, 0.3) is 10.9 Å². The van der Waals surface area contributed by atoms with E-state index in [1.807, 2.05) is 31.2 Å². The van der Waals surface area contributed by atoms with Gasteiger partial charge in [-0.05, 0) is 57.1 Å². The Hall–Kier alpha value is -2.16. The Bertz CT molecular complexity index is 735. The van der Waals surface area contributed by atoms with E-state index in [9.17, 15) is 4.79 Å². The van der Waals surface area contributed by atoms with Gasteiger partial charge in [-0.2, -0.15) is 0 Å². The monoisotopic (exact) mass is 308 g/mol. The molecule has 1 aromatic carbocycles. The van der Waals surface area contributed by atoms with Gasteiger partial charge < -0.3 is 5.32 Å². The molecule has 0 saturated carbocycles. The number of carbonyl (C=O) groups is 1. The van der Waals surface area contributed by atoms with Crippen LogP contribution in [0.15, 0.2) is 42.6 Å². The number of para-hydroxylation sites is 1. The van der Waals surface area contributed by atoms with Crippen molar-refractivity contribution < 1.29 is 4.79 Å². The number of amides is 1. The van der Waals surface area contributed by atoms with E-state index in [-0.39, 0.29) is 11.9 Å². The van der Waals surface area contributed by atoms with E-state index < -0.39 is 0 Å². The smallest absolute Gasteiger partial charge is 0.253 e. The molecule has 3 rings (SSSR count). The van der Waals surface area contributed by atoms with E-state index in [2.05, 4.69) is 29.4 Å². The minimum absolute atomic E-state index is 0.0280. The molecule has 1 aliphatic rings. The van der Waals surface area contributed by atoms with Gasteiger partial charge >= 0.3 is 0 Å². The summed E-state index contributed by atoms with van der Waals surface area (Å²) >= 11 is 0. The molecule has 23 heavy (non-hydrogen) atoms. The van der Waals surface area contributed by atoms with Gasteiger partial charge in [0.25, 0.3) is 5.91 Å². The maximum atomic E-state index is 12.5. The molecule has 2 atom stereocenters. The highest BCUT2D eigenvalue weighted by atomic mass is 16.1. The molecule has 0 saturated heterocycles. The molecule has 0 radical (unpaired) electrons. The summed E-state index contributed by atoms with van der Waals surface area (Å²) in [6.45, 7) is 4.13. The number of fused-ring (bicyclic) bond motifs is 1. The van der Waals surface area contributed by atoms with E-state index in [4.69, 9.17) is 0 Å². The Morgan fingerprint density at radius 3 is 3.04 bits per heavy atom. The van der Waals surface area contributed by atoms with Gasteiger partial charge in [0.05, 0.1) is 11.1 Å². The molecule has 2 unspecified atom stereocenters. The lowest BCUT2D eigenvalue weighted by Gasteiger charge is -2.22. The molecular formula is C20H24N2O. The van der Waals surface area contributed by atoms with Crippen LogP contribution < -0.4 is 5.32 Å². The quantitative estimate of drug-likeness (QED) is 0.850. The zero-order chi connectivity index (χ0) is 16.2. The zero-order valence-electron chi connectivity index (χ0n) is 13.9. The Balaban J connectivity index is 1.66. The number of hydrogen-bond donors (Lipinski definition) is 1. The lowest BCUT2D eigenvalue weighted by molar-refractivity contribution is 0.0934. The number of benzene rings is 1. The van der Waals surface area contributed by atoms with Gasteiger partial charge in [-0.1, -0.05) is 30.4 Å². The molecule has 1 amide bonds. The highest BCUT2D eigenvalue weighted by Crippen LogP contribution is 2.23. The lowest BCUT2D eigenvalue weighted by atomic mass is 9.89. The Kier molecular flexibility index (Phi) is 4.75. The van der Waals surface area contributed by atoms with Crippen molar-refractivity contribution in [2.75, 3.05) is 0 Å². The predicted octanol–water partition coefficient (Wildman–Crippen LogP) is 4.41. The first kappa shape index (κ1) is 15.7. The van der Waals surface area contributed by atoms with Crippen molar-refractivity contribution in [2.45, 2.75) is 45.6 Å². The summed E-state index contributed by atoms with van der Waals surface area (Å²) in [5, 5.41) is 4.14. The van der Waals surface area contributed by atoms with Gasteiger partial charge in [-0.3, -0.25) is 9.78 Å². The molecule has 120 valence electrons. The largest absolute Gasteiger partial charge is 0.350 e. The van der Waals surface area contributed by atoms with E-state index >= 15 is 0 Å². The van der Waals surface area contributed by atoms with Crippen molar-refractivity contribution in [1.29, 1.82) is 0 Å². The van der Waals surface area contributed by atoms with E-state index in [1.54, 1.807) is 6.20 Å². The van der Waals surface area contributed by atoms with Crippen LogP contribution in [0.4, 0.5) is 0 Å². The van der Waals surface area contributed by atoms with Crippen LogP contribution >= 0.6 is 0 Å². The molecule has 0 fully saturated rings. The van der Waals surface area contributed by atoms with Crippen LogP contribution in [-0.2, 0) is 0 Å². The molecule has 2 aromatic rings. The van der Waals surface area contributed by atoms with E-state index in [1.165, 1.54) is 12.8 Å². The van der Waals surface area contributed by atoms with E-state index in [0.29, 0.717) is 11.5 Å². The van der Waals surface area contributed by atoms with Crippen molar-refractivity contribution in [3.8, 4) is 0 Å². The number of carbonyl (C=O) groups excluding carboxylic acids is 1. The van der Waals surface area contributed by atoms with E-state index in [0.717, 1.165) is 29.3 Å². The predicted molar refractivity (Wildman–Crippen MR) is 94.5 cm³/mol. The molecular weight excluding hydrogens is 284 g/mol. The molecule has 1 heterocycles. The topological polar surface area (TPSA) is 42.0 Å². The van der Waals surface area contributed by atoms with Crippen molar-refractivity contribution in [3.05, 3.63) is 53.7 Å². The molecule has 1 N–H and O–H groups in total. The molecule has 0 aliphatic heterocycles. The third-order valence-corrected chi connectivity index (χ3v) is 4.62. The SMILES string of the molecule is Cc1cccc2cc(C(=O)NC(C)CC3CC=CCC3)cnc12. The molecule has 3 nitrogen and oxygen atoms in total. The average molecular weight is 308 g/mol. The van der Waals surface area contributed by atoms with Crippen molar-refractivity contribution >= 4 is 16.8 Å². The van der Waals surface area contributed by atoms with Crippen molar-refractivity contribution in [1.82, 2.24) is 10.3 Å². The summed E-state index contributed by atoms with van der Waals surface area (Å²) in [5.74, 6) is 0.660. The number of hydrogen-bond acceptors (Lipinski definition) is 2. The number of aromatic nitrogens is 1. The summed E-state index contributed by atoms with van der Waals surface area (Å²) in [6.07, 6.45) is 10.8. The molecule has 1 aliphatic carbocycles. The number of rotatable bonds is 4. The van der Waals surface area contributed by atoms with Crippen molar-refractivity contribution in [2.24, 2.45) is 5.92 Å². The highest BCUT2D eigenvalue weighted by Gasteiger charge is 2.16. The maximum Gasteiger partial charge on any atom is 0.253 e. The minimum Gasteiger partial charge on any atom is -0.350 e. The number of nitrogens with one attached hydrogen (secondary N) is 1. The Morgan fingerprint density at radius 2 is 2.26 bits per heavy atom. The van der Waals surface area contributed by atoms with Gasteiger partial charge in [0, 0.05) is 17.6 Å². The van der Waals surface area contributed by atoms with Gasteiger partial charge in [-0.15, -0.1) is 0 Å². The summed E-state index contributed by atoms with van der Waals surface area (Å²) in [6, 6.07) is 8.16. The highest BCUT2D eigenvalue weighted by molar-refractivity contribution is 5.97. The van der Waals surface area contributed by atoms with Gasteiger partial charge in [0.1, 0.15) is 0 Å². The summed E-state index contributed by atoms with van der Waals surface area (Å²) in [4.78, 5) is 16.9. The standard InChI is InChI=1S/C20H24N2O/c1-14-7-6-10-17-12-18(13-21-19(14)17)20(23)22-15(2)11-16-8-4-3-5-9-16/h3-4,6-7,10,12-13,15-16H,5,8-9,11H2,1-2H3,(H,22,23). The van der Waals surface area contributed by atoms with Crippen LogP contribution in [0.5, 0.6) is 0 Å².